The molecule has 35 heavy (non-hydrogen) atoms. The van der Waals surface area contributed by atoms with Crippen molar-refractivity contribution in [3.63, 3.8) is 0 Å². The van der Waals surface area contributed by atoms with Crippen LogP contribution in [0, 0.1) is 23.4 Å². The molecule has 2 aliphatic carbocycles. The van der Waals surface area contributed by atoms with E-state index in [1.54, 1.807) is 18.2 Å². The molecule has 0 saturated heterocycles. The first-order valence-electron chi connectivity index (χ1n) is 13.5. The van der Waals surface area contributed by atoms with Gasteiger partial charge in [-0.1, -0.05) is 18.2 Å². The lowest BCUT2D eigenvalue weighted by atomic mass is 9.76. The van der Waals surface area contributed by atoms with Crippen LogP contribution in [-0.2, 0) is 11.2 Å². The molecule has 2 aromatic carbocycles. The molecule has 2 saturated carbocycles. The van der Waals surface area contributed by atoms with Gasteiger partial charge >= 0.3 is 0 Å². The summed E-state index contributed by atoms with van der Waals surface area (Å²) in [4.78, 5) is 0. The molecule has 0 radical (unpaired) electrons. The van der Waals surface area contributed by atoms with Crippen LogP contribution in [0.5, 0.6) is 5.75 Å². The van der Waals surface area contributed by atoms with Crippen LogP contribution in [-0.4, -0.2) is 19.3 Å². The Morgan fingerprint density at radius 1 is 0.771 bits per heavy atom. The van der Waals surface area contributed by atoms with E-state index >= 15 is 0 Å². The van der Waals surface area contributed by atoms with Gasteiger partial charge in [-0.2, -0.15) is 0 Å². The maximum Gasteiger partial charge on any atom is 0.165 e. The fraction of sp³-hybridized carbons (Fsp3) is 0.600. The van der Waals surface area contributed by atoms with Gasteiger partial charge in [0, 0.05) is 6.61 Å². The maximum atomic E-state index is 15.0. The van der Waals surface area contributed by atoms with Crippen LogP contribution >= 0.6 is 0 Å². The molecule has 0 heterocycles. The second-order valence-electron chi connectivity index (χ2n) is 10.3. The standard InChI is InChI=1S/C30H39F3O2/c1-3-34-25-15-11-22(12-16-25)26-17-13-23(29(32)30(26)33)10-7-20-5-8-21(9-6-20)24-14-18-28(35-4-2)27(31)19-24/h13-14,17-22,25H,3-12,15-16H2,1-2H3. The maximum absolute atomic E-state index is 15.0. The average Bonchev–Trinajstić information content (AvgIpc) is 2.87. The predicted octanol–water partition coefficient (Wildman–Crippen LogP) is 8.47. The molecule has 0 bridgehead atoms. The SMILES string of the molecule is CCOc1ccc(C2CCC(CCc3ccc(C4CCC(OCC)CC4)c(F)c3F)CC2)cc1F. The highest BCUT2D eigenvalue weighted by Crippen LogP contribution is 2.40. The number of hydrogen-bond donors (Lipinski definition) is 0. The lowest BCUT2D eigenvalue weighted by Gasteiger charge is -2.29. The molecule has 2 aliphatic rings. The molecule has 192 valence electrons. The zero-order chi connectivity index (χ0) is 24.8. The van der Waals surface area contributed by atoms with Crippen molar-refractivity contribution in [1.82, 2.24) is 0 Å². The van der Waals surface area contributed by atoms with Gasteiger partial charge in [0.2, 0.25) is 0 Å². The Labute approximate surface area is 208 Å². The Hall–Kier alpha value is -2.01. The topological polar surface area (TPSA) is 18.5 Å². The van der Waals surface area contributed by atoms with Gasteiger partial charge in [-0.25, -0.2) is 13.2 Å². The molecule has 0 amide bonds. The second-order valence-corrected chi connectivity index (χ2v) is 10.3. The zero-order valence-electron chi connectivity index (χ0n) is 21.1. The van der Waals surface area contributed by atoms with E-state index in [1.807, 2.05) is 26.0 Å². The first-order valence-corrected chi connectivity index (χ1v) is 13.5. The van der Waals surface area contributed by atoms with Crippen LogP contribution in [0.1, 0.15) is 100 Å². The second kappa shape index (κ2) is 12.3. The van der Waals surface area contributed by atoms with E-state index in [1.165, 1.54) is 0 Å². The third kappa shape index (κ3) is 6.41. The van der Waals surface area contributed by atoms with E-state index in [-0.39, 0.29) is 17.8 Å². The summed E-state index contributed by atoms with van der Waals surface area (Å²) in [7, 11) is 0. The molecule has 0 aliphatic heterocycles. The molecule has 0 unspecified atom stereocenters. The van der Waals surface area contributed by atoms with Crippen LogP contribution in [0.3, 0.4) is 0 Å². The van der Waals surface area contributed by atoms with Crippen LogP contribution in [0.2, 0.25) is 0 Å². The summed E-state index contributed by atoms with van der Waals surface area (Å²) in [5, 5.41) is 0. The van der Waals surface area contributed by atoms with Crippen LogP contribution in [0.15, 0.2) is 30.3 Å². The number of ether oxygens (including phenoxy) is 2. The summed E-state index contributed by atoms with van der Waals surface area (Å²) in [6, 6.07) is 8.93. The van der Waals surface area contributed by atoms with E-state index < -0.39 is 11.6 Å². The van der Waals surface area contributed by atoms with Crippen molar-refractivity contribution >= 4 is 0 Å². The molecule has 4 rings (SSSR count). The fourth-order valence-corrected chi connectivity index (χ4v) is 6.08. The Bertz CT molecular complexity index is 960. The van der Waals surface area contributed by atoms with Crippen molar-refractivity contribution < 1.29 is 22.6 Å². The molecular weight excluding hydrogens is 449 g/mol. The molecule has 0 atom stereocenters. The number of aryl methyl sites for hydroxylation is 1. The number of hydrogen-bond acceptors (Lipinski definition) is 2. The summed E-state index contributed by atoms with van der Waals surface area (Å²) in [5.41, 5.74) is 2.05. The fourth-order valence-electron chi connectivity index (χ4n) is 6.08. The predicted molar refractivity (Wildman–Crippen MR) is 134 cm³/mol. The highest BCUT2D eigenvalue weighted by molar-refractivity contribution is 5.32. The highest BCUT2D eigenvalue weighted by atomic mass is 19.2. The summed E-state index contributed by atoms with van der Waals surface area (Å²) >= 11 is 0. The van der Waals surface area contributed by atoms with Crippen molar-refractivity contribution in [3.8, 4) is 5.75 Å². The van der Waals surface area contributed by atoms with E-state index in [0.717, 1.165) is 63.4 Å². The molecule has 0 spiro atoms. The number of benzene rings is 2. The first kappa shape index (κ1) is 26.1. The van der Waals surface area contributed by atoms with Crippen LogP contribution < -0.4 is 4.74 Å². The smallest absolute Gasteiger partial charge is 0.165 e. The average molecular weight is 489 g/mol. The zero-order valence-corrected chi connectivity index (χ0v) is 21.1. The molecule has 0 aromatic heterocycles. The number of halogens is 3. The Morgan fingerprint density at radius 3 is 2.14 bits per heavy atom. The van der Waals surface area contributed by atoms with Crippen molar-refractivity contribution in [3.05, 3.63) is 64.5 Å². The summed E-state index contributed by atoms with van der Waals surface area (Å²) in [6.07, 6.45) is 9.26. The van der Waals surface area contributed by atoms with Crippen molar-refractivity contribution in [2.24, 2.45) is 5.92 Å². The largest absolute Gasteiger partial charge is 0.491 e. The van der Waals surface area contributed by atoms with Gasteiger partial charge in [0.15, 0.2) is 23.2 Å². The summed E-state index contributed by atoms with van der Waals surface area (Å²) < 4.78 is 55.1. The molecule has 2 fully saturated rings. The summed E-state index contributed by atoms with van der Waals surface area (Å²) in [6.45, 7) is 4.99. The first-order chi connectivity index (χ1) is 17.0. The van der Waals surface area contributed by atoms with Gasteiger partial charge in [-0.05, 0) is 125 Å². The van der Waals surface area contributed by atoms with E-state index in [2.05, 4.69) is 0 Å². The summed E-state index contributed by atoms with van der Waals surface area (Å²) in [5.74, 6) is -0.370. The van der Waals surface area contributed by atoms with Crippen LogP contribution in [0.25, 0.3) is 0 Å². The molecule has 2 aromatic rings. The Balaban J connectivity index is 1.28. The molecule has 0 N–H and O–H groups in total. The normalized spacial score (nSPS) is 24.9. The number of rotatable bonds is 9. The molecule has 5 heteroatoms. The van der Waals surface area contributed by atoms with Crippen molar-refractivity contribution in [2.45, 2.75) is 96.0 Å². The van der Waals surface area contributed by atoms with E-state index in [4.69, 9.17) is 9.47 Å². The monoisotopic (exact) mass is 488 g/mol. The Kier molecular flexibility index (Phi) is 9.16. The van der Waals surface area contributed by atoms with Crippen molar-refractivity contribution in [2.75, 3.05) is 13.2 Å². The minimum atomic E-state index is -0.659. The molecule has 2 nitrogen and oxygen atoms in total. The quantitative estimate of drug-likeness (QED) is 0.352. The van der Waals surface area contributed by atoms with Gasteiger partial charge in [-0.3, -0.25) is 0 Å². The molecular formula is C30H39F3O2. The third-order valence-corrected chi connectivity index (χ3v) is 8.10. The van der Waals surface area contributed by atoms with E-state index in [0.29, 0.717) is 48.3 Å². The van der Waals surface area contributed by atoms with Gasteiger partial charge < -0.3 is 9.47 Å². The van der Waals surface area contributed by atoms with Gasteiger partial charge in [0.1, 0.15) is 0 Å². The minimum absolute atomic E-state index is 0.0815. The van der Waals surface area contributed by atoms with Crippen molar-refractivity contribution in [1.29, 1.82) is 0 Å². The van der Waals surface area contributed by atoms with Crippen LogP contribution in [0.4, 0.5) is 13.2 Å². The van der Waals surface area contributed by atoms with Gasteiger partial charge in [0.05, 0.1) is 12.7 Å². The van der Waals surface area contributed by atoms with E-state index in [9.17, 15) is 13.2 Å². The Morgan fingerprint density at radius 2 is 1.49 bits per heavy atom. The minimum Gasteiger partial charge on any atom is -0.491 e. The third-order valence-electron chi connectivity index (χ3n) is 8.10. The lowest BCUT2D eigenvalue weighted by molar-refractivity contribution is 0.0325. The van der Waals surface area contributed by atoms with Gasteiger partial charge in [-0.15, -0.1) is 0 Å². The lowest BCUT2D eigenvalue weighted by Crippen LogP contribution is -2.21. The van der Waals surface area contributed by atoms with Gasteiger partial charge in [0.25, 0.3) is 0 Å². The highest BCUT2D eigenvalue weighted by Gasteiger charge is 2.27.